The SMILES string of the molecule is CCC(N)c1ccc(N2CCc3ccccc32)cn1. The fourth-order valence-electron chi connectivity index (χ4n) is 2.59. The van der Waals surface area contributed by atoms with Crippen LogP contribution in [0.3, 0.4) is 0 Å². The number of para-hydroxylation sites is 1. The lowest BCUT2D eigenvalue weighted by Gasteiger charge is -2.19. The number of hydrogen-bond donors (Lipinski definition) is 1. The lowest BCUT2D eigenvalue weighted by molar-refractivity contribution is 0.675. The van der Waals surface area contributed by atoms with Crippen molar-refractivity contribution >= 4 is 11.4 Å². The average molecular weight is 253 g/mol. The van der Waals surface area contributed by atoms with Crippen LogP contribution in [0.25, 0.3) is 0 Å². The van der Waals surface area contributed by atoms with E-state index in [1.807, 2.05) is 12.3 Å². The second-order valence-electron chi connectivity index (χ2n) is 4.99. The number of anilines is 2. The van der Waals surface area contributed by atoms with E-state index in [9.17, 15) is 0 Å². The highest BCUT2D eigenvalue weighted by Crippen LogP contribution is 2.33. The molecule has 1 aromatic heterocycles. The molecule has 0 spiro atoms. The van der Waals surface area contributed by atoms with Gasteiger partial charge in [-0.25, -0.2) is 0 Å². The minimum Gasteiger partial charge on any atom is -0.340 e. The Bertz CT molecular complexity index is 562. The van der Waals surface area contributed by atoms with Gasteiger partial charge in [-0.1, -0.05) is 25.1 Å². The van der Waals surface area contributed by atoms with Gasteiger partial charge in [-0.15, -0.1) is 0 Å². The van der Waals surface area contributed by atoms with E-state index >= 15 is 0 Å². The third-order valence-corrected chi connectivity index (χ3v) is 3.79. The van der Waals surface area contributed by atoms with Crippen LogP contribution in [0.4, 0.5) is 11.4 Å². The zero-order valence-electron chi connectivity index (χ0n) is 11.2. The van der Waals surface area contributed by atoms with Gasteiger partial charge in [0.25, 0.3) is 0 Å². The summed E-state index contributed by atoms with van der Waals surface area (Å²) >= 11 is 0. The number of aromatic nitrogens is 1. The second-order valence-corrected chi connectivity index (χ2v) is 4.99. The van der Waals surface area contributed by atoms with E-state index in [1.165, 1.54) is 11.3 Å². The van der Waals surface area contributed by atoms with Gasteiger partial charge in [0.1, 0.15) is 0 Å². The molecular formula is C16H19N3. The summed E-state index contributed by atoms with van der Waals surface area (Å²) in [6.07, 6.45) is 3.96. The first-order valence-electron chi connectivity index (χ1n) is 6.86. The standard InChI is InChI=1S/C16H19N3/c1-2-14(17)15-8-7-13(11-18-15)19-10-9-12-5-3-4-6-16(12)19/h3-8,11,14H,2,9-10,17H2,1H3. The monoisotopic (exact) mass is 253 g/mol. The Morgan fingerprint density at radius 3 is 2.84 bits per heavy atom. The van der Waals surface area contributed by atoms with Crippen molar-refractivity contribution in [3.05, 3.63) is 53.9 Å². The van der Waals surface area contributed by atoms with Gasteiger partial charge in [-0.3, -0.25) is 4.98 Å². The molecule has 98 valence electrons. The van der Waals surface area contributed by atoms with Crippen LogP contribution in [0.5, 0.6) is 0 Å². The van der Waals surface area contributed by atoms with Crippen LogP contribution in [-0.2, 0) is 6.42 Å². The van der Waals surface area contributed by atoms with E-state index in [0.29, 0.717) is 0 Å². The summed E-state index contributed by atoms with van der Waals surface area (Å²) < 4.78 is 0. The van der Waals surface area contributed by atoms with Gasteiger partial charge in [-0.2, -0.15) is 0 Å². The van der Waals surface area contributed by atoms with Crippen LogP contribution in [0, 0.1) is 0 Å². The van der Waals surface area contributed by atoms with Crippen LogP contribution < -0.4 is 10.6 Å². The number of benzene rings is 1. The first-order valence-corrected chi connectivity index (χ1v) is 6.86. The normalized spacial score (nSPS) is 15.4. The van der Waals surface area contributed by atoms with Gasteiger partial charge in [-0.05, 0) is 36.6 Å². The summed E-state index contributed by atoms with van der Waals surface area (Å²) in [6.45, 7) is 3.11. The quantitative estimate of drug-likeness (QED) is 0.913. The molecule has 0 bridgehead atoms. The van der Waals surface area contributed by atoms with Crippen LogP contribution in [0.2, 0.25) is 0 Å². The lowest BCUT2D eigenvalue weighted by Crippen LogP contribution is -2.15. The van der Waals surface area contributed by atoms with Crippen molar-refractivity contribution in [2.45, 2.75) is 25.8 Å². The molecule has 2 heterocycles. The lowest BCUT2D eigenvalue weighted by atomic mass is 10.1. The smallest absolute Gasteiger partial charge is 0.0597 e. The summed E-state index contributed by atoms with van der Waals surface area (Å²) in [7, 11) is 0. The molecule has 3 nitrogen and oxygen atoms in total. The number of fused-ring (bicyclic) bond motifs is 1. The molecule has 2 N–H and O–H groups in total. The molecule has 1 aromatic carbocycles. The Morgan fingerprint density at radius 1 is 1.26 bits per heavy atom. The predicted molar refractivity (Wildman–Crippen MR) is 78.6 cm³/mol. The number of nitrogens with two attached hydrogens (primary N) is 1. The largest absolute Gasteiger partial charge is 0.340 e. The number of hydrogen-bond acceptors (Lipinski definition) is 3. The predicted octanol–water partition coefficient (Wildman–Crippen LogP) is 3.19. The molecule has 0 saturated heterocycles. The maximum absolute atomic E-state index is 6.00. The van der Waals surface area contributed by atoms with Crippen LogP contribution in [0.15, 0.2) is 42.6 Å². The molecule has 2 aromatic rings. The molecular weight excluding hydrogens is 234 g/mol. The summed E-state index contributed by atoms with van der Waals surface area (Å²) in [6, 6.07) is 12.8. The number of rotatable bonds is 3. The molecule has 0 fully saturated rings. The van der Waals surface area contributed by atoms with Crippen molar-refractivity contribution in [1.29, 1.82) is 0 Å². The van der Waals surface area contributed by atoms with Gasteiger partial charge >= 0.3 is 0 Å². The Hall–Kier alpha value is -1.87. The van der Waals surface area contributed by atoms with Crippen molar-refractivity contribution in [2.75, 3.05) is 11.4 Å². The topological polar surface area (TPSA) is 42.1 Å². The fraction of sp³-hybridized carbons (Fsp3) is 0.312. The Balaban J connectivity index is 1.88. The second kappa shape index (κ2) is 5.02. The van der Waals surface area contributed by atoms with E-state index in [1.54, 1.807) is 0 Å². The first kappa shape index (κ1) is 12.2. The molecule has 0 saturated carbocycles. The first-order chi connectivity index (χ1) is 9.29. The maximum atomic E-state index is 6.00. The Kier molecular flexibility index (Phi) is 3.22. The van der Waals surface area contributed by atoms with Crippen molar-refractivity contribution in [3.63, 3.8) is 0 Å². The maximum Gasteiger partial charge on any atom is 0.0597 e. The van der Waals surface area contributed by atoms with E-state index in [4.69, 9.17) is 5.73 Å². The minimum absolute atomic E-state index is 0.0416. The van der Waals surface area contributed by atoms with E-state index in [2.05, 4.69) is 47.1 Å². The van der Waals surface area contributed by atoms with Crippen molar-refractivity contribution in [2.24, 2.45) is 5.73 Å². The fourth-order valence-corrected chi connectivity index (χ4v) is 2.59. The summed E-state index contributed by atoms with van der Waals surface area (Å²) in [5, 5.41) is 0. The minimum atomic E-state index is 0.0416. The zero-order valence-corrected chi connectivity index (χ0v) is 11.2. The van der Waals surface area contributed by atoms with Crippen LogP contribution >= 0.6 is 0 Å². The molecule has 19 heavy (non-hydrogen) atoms. The number of nitrogens with zero attached hydrogens (tertiary/aromatic N) is 2. The highest BCUT2D eigenvalue weighted by atomic mass is 15.2. The molecule has 0 aliphatic carbocycles. The van der Waals surface area contributed by atoms with Gasteiger partial charge < -0.3 is 10.6 Å². The van der Waals surface area contributed by atoms with E-state index in [0.717, 1.165) is 30.8 Å². The third-order valence-electron chi connectivity index (χ3n) is 3.79. The van der Waals surface area contributed by atoms with E-state index in [-0.39, 0.29) is 6.04 Å². The highest BCUT2D eigenvalue weighted by Gasteiger charge is 2.19. The average Bonchev–Trinajstić information content (AvgIpc) is 2.90. The number of pyridine rings is 1. The van der Waals surface area contributed by atoms with Crippen LogP contribution in [0.1, 0.15) is 30.6 Å². The zero-order chi connectivity index (χ0) is 13.2. The summed E-state index contributed by atoms with van der Waals surface area (Å²) in [5.74, 6) is 0. The molecule has 3 rings (SSSR count). The Labute approximate surface area is 114 Å². The molecule has 1 unspecified atom stereocenters. The molecule has 0 radical (unpaired) electrons. The highest BCUT2D eigenvalue weighted by molar-refractivity contribution is 5.69. The molecule has 1 atom stereocenters. The van der Waals surface area contributed by atoms with Gasteiger partial charge in [0.2, 0.25) is 0 Å². The van der Waals surface area contributed by atoms with Crippen molar-refractivity contribution < 1.29 is 0 Å². The molecule has 1 aliphatic heterocycles. The third kappa shape index (κ3) is 2.22. The molecule has 1 aliphatic rings. The Morgan fingerprint density at radius 2 is 2.11 bits per heavy atom. The van der Waals surface area contributed by atoms with Crippen molar-refractivity contribution in [1.82, 2.24) is 4.98 Å². The summed E-state index contributed by atoms with van der Waals surface area (Å²) in [5.41, 5.74) is 10.8. The summed E-state index contributed by atoms with van der Waals surface area (Å²) in [4.78, 5) is 6.82. The van der Waals surface area contributed by atoms with Crippen LogP contribution in [-0.4, -0.2) is 11.5 Å². The van der Waals surface area contributed by atoms with Crippen molar-refractivity contribution in [3.8, 4) is 0 Å². The molecule has 0 amide bonds. The van der Waals surface area contributed by atoms with Gasteiger partial charge in [0.15, 0.2) is 0 Å². The van der Waals surface area contributed by atoms with Gasteiger partial charge in [0, 0.05) is 18.3 Å². The van der Waals surface area contributed by atoms with Gasteiger partial charge in [0.05, 0.1) is 17.6 Å². The van der Waals surface area contributed by atoms with E-state index < -0.39 is 0 Å². The molecule has 3 heteroatoms.